The van der Waals surface area contributed by atoms with Crippen LogP contribution in [0.15, 0.2) is 41.8 Å². The molecule has 0 spiro atoms. The lowest BCUT2D eigenvalue weighted by atomic mass is 10.1. The number of nitrogens with one attached hydrogen (secondary N) is 1. The van der Waals surface area contributed by atoms with Crippen LogP contribution in [-0.2, 0) is 6.42 Å². The molecule has 0 aliphatic rings. The van der Waals surface area contributed by atoms with Crippen LogP contribution in [0.25, 0.3) is 10.6 Å². The van der Waals surface area contributed by atoms with Gasteiger partial charge in [0.25, 0.3) is 11.6 Å². The molecule has 0 fully saturated rings. The second kappa shape index (κ2) is 9.31. The fourth-order valence-electron chi connectivity index (χ4n) is 2.75. The van der Waals surface area contributed by atoms with Gasteiger partial charge < -0.3 is 14.8 Å². The quantitative estimate of drug-likeness (QED) is 0.429. The van der Waals surface area contributed by atoms with E-state index in [1.54, 1.807) is 12.1 Å². The fourth-order valence-corrected chi connectivity index (χ4v) is 3.61. The average Bonchev–Trinajstić information content (AvgIpc) is 3.21. The molecule has 0 atom stereocenters. The molecule has 8 nitrogen and oxygen atoms in total. The summed E-state index contributed by atoms with van der Waals surface area (Å²) < 4.78 is 23.2. The topological polar surface area (TPSA) is 104 Å². The zero-order chi connectivity index (χ0) is 21.7. The molecule has 3 rings (SSSR count). The van der Waals surface area contributed by atoms with Gasteiger partial charge in [-0.2, -0.15) is 0 Å². The van der Waals surface area contributed by atoms with Crippen LogP contribution in [0.4, 0.5) is 10.1 Å². The van der Waals surface area contributed by atoms with Crippen molar-refractivity contribution in [2.24, 2.45) is 0 Å². The van der Waals surface area contributed by atoms with E-state index in [4.69, 9.17) is 9.47 Å². The second-order valence-corrected chi connectivity index (χ2v) is 7.00. The number of methoxy groups -OCH3 is 2. The molecule has 0 aliphatic heterocycles. The van der Waals surface area contributed by atoms with Crippen molar-refractivity contribution in [3.8, 4) is 22.1 Å². The summed E-state index contributed by atoms with van der Waals surface area (Å²) in [6.45, 7) is 0.233. The molecule has 1 aromatic heterocycles. The van der Waals surface area contributed by atoms with Crippen LogP contribution in [0.1, 0.15) is 16.1 Å². The van der Waals surface area contributed by atoms with Gasteiger partial charge >= 0.3 is 0 Å². The number of rotatable bonds is 8. The lowest BCUT2D eigenvalue weighted by molar-refractivity contribution is -0.385. The number of benzene rings is 2. The third-order valence-electron chi connectivity index (χ3n) is 4.25. The van der Waals surface area contributed by atoms with E-state index in [-0.39, 0.29) is 35.1 Å². The Morgan fingerprint density at radius 2 is 1.87 bits per heavy atom. The highest BCUT2D eigenvalue weighted by Crippen LogP contribution is 2.34. The van der Waals surface area contributed by atoms with Crippen molar-refractivity contribution in [3.63, 3.8) is 0 Å². The second-order valence-electron chi connectivity index (χ2n) is 6.14. The molecule has 0 unspecified atom stereocenters. The van der Waals surface area contributed by atoms with Crippen LogP contribution in [0.3, 0.4) is 0 Å². The molecule has 0 bridgehead atoms. The SMILES string of the molecule is COc1cc(C(=O)NCCc2csc(-c3ccc(F)cc3)n2)c([N+](=O)[O-])cc1OC. The highest BCUT2D eigenvalue weighted by atomic mass is 32.1. The van der Waals surface area contributed by atoms with E-state index in [0.717, 1.165) is 22.3 Å². The molecule has 0 saturated carbocycles. The van der Waals surface area contributed by atoms with E-state index in [2.05, 4.69) is 10.3 Å². The maximum absolute atomic E-state index is 13.0. The van der Waals surface area contributed by atoms with Gasteiger partial charge in [0.05, 0.1) is 30.9 Å². The van der Waals surface area contributed by atoms with E-state index < -0.39 is 10.8 Å². The lowest BCUT2D eigenvalue weighted by Crippen LogP contribution is -2.26. The summed E-state index contributed by atoms with van der Waals surface area (Å²) in [5.41, 5.74) is 1.06. The van der Waals surface area contributed by atoms with E-state index >= 15 is 0 Å². The average molecular weight is 431 g/mol. The summed E-state index contributed by atoms with van der Waals surface area (Å²) in [4.78, 5) is 27.7. The zero-order valence-electron chi connectivity index (χ0n) is 16.2. The maximum atomic E-state index is 13.0. The molecule has 1 heterocycles. The Balaban J connectivity index is 1.68. The summed E-state index contributed by atoms with van der Waals surface area (Å²) in [5.74, 6) is -0.535. The van der Waals surface area contributed by atoms with Gasteiger partial charge in [-0.05, 0) is 24.3 Å². The van der Waals surface area contributed by atoms with Gasteiger partial charge in [0.2, 0.25) is 0 Å². The molecule has 1 amide bonds. The predicted octanol–water partition coefficient (Wildman–Crippen LogP) is 3.85. The van der Waals surface area contributed by atoms with Crippen molar-refractivity contribution < 1.29 is 23.6 Å². The Labute approximate surface area is 175 Å². The van der Waals surface area contributed by atoms with E-state index in [9.17, 15) is 19.3 Å². The normalized spacial score (nSPS) is 10.5. The van der Waals surface area contributed by atoms with Gasteiger partial charge in [-0.3, -0.25) is 14.9 Å². The van der Waals surface area contributed by atoms with Crippen LogP contribution in [-0.4, -0.2) is 36.6 Å². The van der Waals surface area contributed by atoms with Gasteiger partial charge in [-0.1, -0.05) is 0 Å². The first-order valence-electron chi connectivity index (χ1n) is 8.82. The van der Waals surface area contributed by atoms with Gasteiger partial charge in [-0.15, -0.1) is 11.3 Å². The minimum Gasteiger partial charge on any atom is -0.493 e. The van der Waals surface area contributed by atoms with Crippen LogP contribution in [0, 0.1) is 15.9 Å². The van der Waals surface area contributed by atoms with E-state index in [1.807, 2.05) is 5.38 Å². The van der Waals surface area contributed by atoms with Gasteiger partial charge in [0, 0.05) is 30.0 Å². The number of ether oxygens (including phenoxy) is 2. The number of amides is 1. The van der Waals surface area contributed by atoms with Gasteiger partial charge in [0.15, 0.2) is 11.5 Å². The number of thiazole rings is 1. The van der Waals surface area contributed by atoms with Crippen molar-refractivity contribution in [3.05, 3.63) is 69.0 Å². The Morgan fingerprint density at radius 3 is 2.50 bits per heavy atom. The summed E-state index contributed by atoms with van der Waals surface area (Å²) in [6, 6.07) is 8.47. The Bertz CT molecular complexity index is 1070. The molecule has 30 heavy (non-hydrogen) atoms. The minimum atomic E-state index is -0.647. The molecule has 0 saturated heterocycles. The fraction of sp³-hybridized carbons (Fsp3) is 0.200. The van der Waals surface area contributed by atoms with Crippen molar-refractivity contribution in [2.45, 2.75) is 6.42 Å². The number of nitro groups is 1. The summed E-state index contributed by atoms with van der Waals surface area (Å²) in [6.07, 6.45) is 0.435. The highest BCUT2D eigenvalue weighted by molar-refractivity contribution is 7.13. The number of hydrogen-bond acceptors (Lipinski definition) is 7. The van der Waals surface area contributed by atoms with Gasteiger partial charge in [-0.25, -0.2) is 9.37 Å². The van der Waals surface area contributed by atoms with Crippen molar-refractivity contribution >= 4 is 22.9 Å². The third kappa shape index (κ3) is 4.71. The number of hydrogen-bond donors (Lipinski definition) is 1. The smallest absolute Gasteiger partial charge is 0.286 e. The largest absolute Gasteiger partial charge is 0.493 e. The third-order valence-corrected chi connectivity index (χ3v) is 5.19. The van der Waals surface area contributed by atoms with E-state index in [1.165, 1.54) is 43.8 Å². The lowest BCUT2D eigenvalue weighted by Gasteiger charge is -2.10. The van der Waals surface area contributed by atoms with Crippen LogP contribution in [0.5, 0.6) is 11.5 Å². The molecule has 1 N–H and O–H groups in total. The molecular formula is C20H18FN3O5S. The minimum absolute atomic E-state index is 0.122. The number of halogens is 1. The number of nitro benzene ring substituents is 1. The number of aromatic nitrogens is 1. The van der Waals surface area contributed by atoms with Crippen molar-refractivity contribution in [1.82, 2.24) is 10.3 Å². The highest BCUT2D eigenvalue weighted by Gasteiger charge is 2.24. The Morgan fingerprint density at radius 1 is 1.20 bits per heavy atom. The summed E-state index contributed by atoms with van der Waals surface area (Å²) in [7, 11) is 2.74. The van der Waals surface area contributed by atoms with Crippen LogP contribution >= 0.6 is 11.3 Å². The Kier molecular flexibility index (Phi) is 6.58. The van der Waals surface area contributed by atoms with Gasteiger partial charge in [0.1, 0.15) is 16.4 Å². The standard InChI is InChI=1S/C20H18FN3O5S/c1-28-17-9-15(16(24(26)27)10-18(17)29-2)19(25)22-8-7-14-11-30-20(23-14)12-3-5-13(21)6-4-12/h3-6,9-11H,7-8H2,1-2H3,(H,22,25). The molecular weight excluding hydrogens is 413 g/mol. The molecule has 0 aliphatic carbocycles. The first kappa shape index (κ1) is 21.2. The maximum Gasteiger partial charge on any atom is 0.286 e. The first-order valence-corrected chi connectivity index (χ1v) is 9.70. The summed E-state index contributed by atoms with van der Waals surface area (Å²) in [5, 5.41) is 16.6. The van der Waals surface area contributed by atoms with Crippen LogP contribution < -0.4 is 14.8 Å². The zero-order valence-corrected chi connectivity index (χ0v) is 17.0. The number of carbonyl (C=O) groups is 1. The molecule has 0 radical (unpaired) electrons. The molecule has 2 aromatic carbocycles. The molecule has 156 valence electrons. The first-order chi connectivity index (χ1) is 14.4. The molecule has 3 aromatic rings. The summed E-state index contributed by atoms with van der Waals surface area (Å²) >= 11 is 1.41. The van der Waals surface area contributed by atoms with Crippen LogP contribution in [0.2, 0.25) is 0 Å². The Hall–Kier alpha value is -3.53. The van der Waals surface area contributed by atoms with Crippen molar-refractivity contribution in [1.29, 1.82) is 0 Å². The predicted molar refractivity (Wildman–Crippen MR) is 110 cm³/mol. The van der Waals surface area contributed by atoms with Crippen molar-refractivity contribution in [2.75, 3.05) is 20.8 Å². The monoisotopic (exact) mass is 431 g/mol. The van der Waals surface area contributed by atoms with E-state index in [0.29, 0.717) is 6.42 Å². The molecule has 10 heteroatoms. The number of carbonyl (C=O) groups excluding carboxylic acids is 1. The number of nitrogens with zero attached hydrogens (tertiary/aromatic N) is 2.